The summed E-state index contributed by atoms with van der Waals surface area (Å²) in [4.78, 5) is 27.1. The van der Waals surface area contributed by atoms with Crippen LogP contribution in [0.4, 0.5) is 4.79 Å². The smallest absolute Gasteiger partial charge is 0.409 e. The van der Waals surface area contributed by atoms with E-state index in [0.717, 1.165) is 5.56 Å². The Hall–Kier alpha value is -2.30. The maximum Gasteiger partial charge on any atom is 0.409 e. The second-order valence-corrected chi connectivity index (χ2v) is 5.26. The number of amides is 2. The monoisotopic (exact) mass is 302 g/mol. The summed E-state index contributed by atoms with van der Waals surface area (Å²) < 4.78 is 4.96. The van der Waals surface area contributed by atoms with E-state index in [2.05, 4.69) is 0 Å². The average Bonchev–Trinajstić information content (AvgIpc) is 2.54. The normalized spacial score (nSPS) is 15.2. The molecule has 22 heavy (non-hydrogen) atoms. The molecule has 1 fully saturated rings. The lowest BCUT2D eigenvalue weighted by Crippen LogP contribution is -2.50. The zero-order chi connectivity index (χ0) is 15.9. The van der Waals surface area contributed by atoms with Crippen LogP contribution in [0.3, 0.4) is 0 Å². The number of aryl methyl sites for hydroxylation is 1. The topological polar surface area (TPSA) is 49.9 Å². The van der Waals surface area contributed by atoms with Gasteiger partial charge in [-0.25, -0.2) is 4.79 Å². The summed E-state index contributed by atoms with van der Waals surface area (Å²) in [5.41, 5.74) is 2.20. The van der Waals surface area contributed by atoms with E-state index in [1.54, 1.807) is 22.8 Å². The van der Waals surface area contributed by atoms with E-state index < -0.39 is 0 Å². The Morgan fingerprint density at radius 3 is 2.27 bits per heavy atom. The fourth-order valence-corrected chi connectivity index (χ4v) is 2.27. The molecule has 1 aromatic carbocycles. The van der Waals surface area contributed by atoms with Crippen LogP contribution in [0.15, 0.2) is 30.3 Å². The molecule has 118 valence electrons. The minimum atomic E-state index is -0.301. The quantitative estimate of drug-likeness (QED) is 0.805. The highest BCUT2D eigenvalue weighted by atomic mass is 16.6. The van der Waals surface area contributed by atoms with Crippen molar-refractivity contribution in [2.45, 2.75) is 13.8 Å². The highest BCUT2D eigenvalue weighted by molar-refractivity contribution is 5.92. The third kappa shape index (κ3) is 4.35. The van der Waals surface area contributed by atoms with Gasteiger partial charge in [0.1, 0.15) is 0 Å². The van der Waals surface area contributed by atoms with Crippen LogP contribution in [0.25, 0.3) is 6.08 Å². The molecule has 1 aliphatic rings. The number of rotatable bonds is 3. The van der Waals surface area contributed by atoms with Gasteiger partial charge in [-0.05, 0) is 25.5 Å². The molecular weight excluding hydrogens is 280 g/mol. The van der Waals surface area contributed by atoms with Crippen LogP contribution < -0.4 is 0 Å². The van der Waals surface area contributed by atoms with Crippen molar-refractivity contribution in [1.82, 2.24) is 9.80 Å². The van der Waals surface area contributed by atoms with Crippen molar-refractivity contribution in [3.05, 3.63) is 41.5 Å². The molecular formula is C17H22N2O3. The maximum atomic E-state index is 12.1. The van der Waals surface area contributed by atoms with Crippen molar-refractivity contribution in [3.63, 3.8) is 0 Å². The minimum Gasteiger partial charge on any atom is -0.450 e. The molecule has 1 saturated heterocycles. The summed E-state index contributed by atoms with van der Waals surface area (Å²) in [7, 11) is 0. The fraction of sp³-hybridized carbons (Fsp3) is 0.412. The zero-order valence-electron chi connectivity index (χ0n) is 13.1. The minimum absolute atomic E-state index is 0.0240. The first-order valence-corrected chi connectivity index (χ1v) is 7.55. The molecule has 2 rings (SSSR count). The number of ether oxygens (including phenoxy) is 1. The second-order valence-electron chi connectivity index (χ2n) is 5.26. The molecule has 5 heteroatoms. The number of benzene rings is 1. The van der Waals surface area contributed by atoms with Gasteiger partial charge < -0.3 is 14.5 Å². The highest BCUT2D eigenvalue weighted by Crippen LogP contribution is 2.08. The van der Waals surface area contributed by atoms with Crippen molar-refractivity contribution in [2.24, 2.45) is 0 Å². The van der Waals surface area contributed by atoms with Gasteiger partial charge in [0.25, 0.3) is 0 Å². The molecule has 0 aromatic heterocycles. The molecule has 1 aliphatic heterocycles. The van der Waals surface area contributed by atoms with E-state index >= 15 is 0 Å². The molecule has 0 saturated carbocycles. The lowest BCUT2D eigenvalue weighted by Gasteiger charge is -2.33. The van der Waals surface area contributed by atoms with E-state index in [1.807, 2.05) is 37.3 Å². The van der Waals surface area contributed by atoms with Gasteiger partial charge >= 0.3 is 6.09 Å². The Labute approximate surface area is 131 Å². The lowest BCUT2D eigenvalue weighted by atomic mass is 10.1. The first-order chi connectivity index (χ1) is 10.6. The number of nitrogens with zero attached hydrogens (tertiary/aromatic N) is 2. The fourth-order valence-electron chi connectivity index (χ4n) is 2.27. The zero-order valence-corrected chi connectivity index (χ0v) is 13.1. The van der Waals surface area contributed by atoms with Gasteiger partial charge in [-0.2, -0.15) is 0 Å². The van der Waals surface area contributed by atoms with Crippen LogP contribution >= 0.6 is 0 Å². The predicted octanol–water partition coefficient (Wildman–Crippen LogP) is 2.31. The van der Waals surface area contributed by atoms with E-state index in [0.29, 0.717) is 32.8 Å². The van der Waals surface area contributed by atoms with Crippen molar-refractivity contribution in [1.29, 1.82) is 0 Å². The Kier molecular flexibility index (Phi) is 5.58. The summed E-state index contributed by atoms with van der Waals surface area (Å²) in [5.74, 6) is -0.0240. The second kappa shape index (κ2) is 7.64. The van der Waals surface area contributed by atoms with Crippen LogP contribution in [0.1, 0.15) is 18.1 Å². The molecule has 5 nitrogen and oxygen atoms in total. The Bertz CT molecular complexity index is 544. The molecule has 1 aromatic rings. The van der Waals surface area contributed by atoms with Gasteiger partial charge in [-0.15, -0.1) is 0 Å². The Morgan fingerprint density at radius 1 is 1.09 bits per heavy atom. The third-order valence-electron chi connectivity index (χ3n) is 3.61. The number of hydrogen-bond donors (Lipinski definition) is 0. The summed E-state index contributed by atoms with van der Waals surface area (Å²) >= 11 is 0. The summed E-state index contributed by atoms with van der Waals surface area (Å²) in [5, 5.41) is 0. The van der Waals surface area contributed by atoms with E-state index in [1.165, 1.54) is 5.56 Å². The number of carbonyl (C=O) groups is 2. The lowest BCUT2D eigenvalue weighted by molar-refractivity contribution is -0.127. The first kappa shape index (κ1) is 16.1. The number of piperazine rings is 1. The molecule has 0 bridgehead atoms. The number of hydrogen-bond acceptors (Lipinski definition) is 3. The largest absolute Gasteiger partial charge is 0.450 e. The van der Waals surface area contributed by atoms with E-state index in [9.17, 15) is 9.59 Å². The van der Waals surface area contributed by atoms with E-state index in [-0.39, 0.29) is 12.0 Å². The highest BCUT2D eigenvalue weighted by Gasteiger charge is 2.23. The van der Waals surface area contributed by atoms with Gasteiger partial charge in [0.05, 0.1) is 6.61 Å². The van der Waals surface area contributed by atoms with Gasteiger partial charge in [0.15, 0.2) is 0 Å². The van der Waals surface area contributed by atoms with Crippen molar-refractivity contribution < 1.29 is 14.3 Å². The first-order valence-electron chi connectivity index (χ1n) is 7.55. The molecule has 0 radical (unpaired) electrons. The van der Waals surface area contributed by atoms with E-state index in [4.69, 9.17) is 4.74 Å². The van der Waals surface area contributed by atoms with Gasteiger partial charge in [0, 0.05) is 32.3 Å². The molecule has 0 spiro atoms. The standard InChI is InChI=1S/C17H22N2O3/c1-3-22-17(21)19-12-10-18(11-13-19)16(20)9-8-15-6-4-14(2)5-7-15/h4-9H,3,10-13H2,1-2H3. The molecule has 0 N–H and O–H groups in total. The third-order valence-corrected chi connectivity index (χ3v) is 3.61. The Balaban J connectivity index is 1.84. The summed E-state index contributed by atoms with van der Waals surface area (Å²) in [6.45, 7) is 6.30. The van der Waals surface area contributed by atoms with Crippen molar-refractivity contribution in [2.75, 3.05) is 32.8 Å². The van der Waals surface area contributed by atoms with Gasteiger partial charge in [-0.3, -0.25) is 4.79 Å². The molecule has 1 heterocycles. The average molecular weight is 302 g/mol. The summed E-state index contributed by atoms with van der Waals surface area (Å²) in [6, 6.07) is 8.00. The predicted molar refractivity (Wildman–Crippen MR) is 85.4 cm³/mol. The van der Waals surface area contributed by atoms with Crippen LogP contribution in [-0.2, 0) is 9.53 Å². The van der Waals surface area contributed by atoms with Gasteiger partial charge in [0.2, 0.25) is 5.91 Å². The number of carbonyl (C=O) groups excluding carboxylic acids is 2. The molecule has 0 atom stereocenters. The van der Waals surface area contributed by atoms with Crippen LogP contribution in [-0.4, -0.2) is 54.6 Å². The molecule has 0 aliphatic carbocycles. The maximum absolute atomic E-state index is 12.1. The van der Waals surface area contributed by atoms with Crippen LogP contribution in [0.5, 0.6) is 0 Å². The van der Waals surface area contributed by atoms with Gasteiger partial charge in [-0.1, -0.05) is 29.8 Å². The van der Waals surface area contributed by atoms with Crippen molar-refractivity contribution in [3.8, 4) is 0 Å². The molecule has 0 unspecified atom stereocenters. The van der Waals surface area contributed by atoms with Crippen molar-refractivity contribution >= 4 is 18.1 Å². The van der Waals surface area contributed by atoms with Crippen LogP contribution in [0.2, 0.25) is 0 Å². The SMILES string of the molecule is CCOC(=O)N1CCN(C(=O)C=Cc2ccc(C)cc2)CC1. The Morgan fingerprint density at radius 2 is 1.68 bits per heavy atom. The van der Waals surface area contributed by atoms with Crippen LogP contribution in [0, 0.1) is 6.92 Å². The molecule has 2 amide bonds. The summed E-state index contributed by atoms with van der Waals surface area (Å²) in [6.07, 6.45) is 3.11.